The SMILES string of the molecule is COc1ccc(F)cc1C(C)(C)CC(O)(CNc1cc(C)cc2c1cnn2-c1cccc(C(=O)N2CCCCC2C(N)=O)c1)C(F)(F)F. The number of aromatic nitrogens is 2. The topological polar surface area (TPSA) is 123 Å². The van der Waals surface area contributed by atoms with Crippen LogP contribution in [0.4, 0.5) is 23.2 Å². The summed E-state index contributed by atoms with van der Waals surface area (Å²) in [6, 6.07) is 13.1. The maximum Gasteiger partial charge on any atom is 0.418 e. The molecular formula is C35H39F4N5O4. The van der Waals surface area contributed by atoms with E-state index in [4.69, 9.17) is 10.5 Å². The van der Waals surface area contributed by atoms with Gasteiger partial charge in [0.15, 0.2) is 5.60 Å². The summed E-state index contributed by atoms with van der Waals surface area (Å²) in [4.78, 5) is 27.0. The molecule has 1 aliphatic rings. The molecule has 1 fully saturated rings. The van der Waals surface area contributed by atoms with Crippen LogP contribution >= 0.6 is 0 Å². The summed E-state index contributed by atoms with van der Waals surface area (Å²) >= 11 is 0. The van der Waals surface area contributed by atoms with E-state index >= 15 is 0 Å². The highest BCUT2D eigenvalue weighted by Gasteiger charge is 2.56. The first-order valence-electron chi connectivity index (χ1n) is 15.6. The fourth-order valence-electron chi connectivity index (χ4n) is 6.57. The van der Waals surface area contributed by atoms with Crippen LogP contribution in [-0.2, 0) is 10.2 Å². The van der Waals surface area contributed by atoms with Crippen LogP contribution in [0, 0.1) is 12.7 Å². The molecule has 256 valence electrons. The number of halogens is 4. The highest BCUT2D eigenvalue weighted by molar-refractivity contribution is 5.98. The van der Waals surface area contributed by atoms with E-state index in [-0.39, 0.29) is 17.2 Å². The van der Waals surface area contributed by atoms with Gasteiger partial charge in [-0.3, -0.25) is 9.59 Å². The van der Waals surface area contributed by atoms with Crippen molar-refractivity contribution in [2.45, 2.75) is 69.7 Å². The maximum absolute atomic E-state index is 14.6. The number of amides is 2. The highest BCUT2D eigenvalue weighted by atomic mass is 19.4. The Morgan fingerprint density at radius 1 is 1.10 bits per heavy atom. The van der Waals surface area contributed by atoms with Gasteiger partial charge < -0.3 is 25.8 Å². The molecule has 2 amide bonds. The zero-order chi connectivity index (χ0) is 35.0. The first-order valence-corrected chi connectivity index (χ1v) is 15.6. The number of aryl methyl sites for hydroxylation is 1. The molecule has 5 rings (SSSR count). The van der Waals surface area contributed by atoms with Crippen LogP contribution in [0.3, 0.4) is 0 Å². The van der Waals surface area contributed by atoms with E-state index in [1.165, 1.54) is 38.1 Å². The Hall–Kier alpha value is -4.65. The Labute approximate surface area is 275 Å². The van der Waals surface area contributed by atoms with Crippen molar-refractivity contribution in [2.75, 3.05) is 25.5 Å². The van der Waals surface area contributed by atoms with Gasteiger partial charge in [-0.05, 0) is 92.1 Å². The molecule has 9 nitrogen and oxygen atoms in total. The molecular weight excluding hydrogens is 630 g/mol. The van der Waals surface area contributed by atoms with Gasteiger partial charge in [0.25, 0.3) is 5.91 Å². The minimum atomic E-state index is -5.04. The second-order valence-electron chi connectivity index (χ2n) is 13.1. The van der Waals surface area contributed by atoms with Crippen molar-refractivity contribution in [3.63, 3.8) is 0 Å². The van der Waals surface area contributed by atoms with Crippen LogP contribution in [0.1, 0.15) is 61.0 Å². The molecule has 0 saturated carbocycles. The van der Waals surface area contributed by atoms with Gasteiger partial charge >= 0.3 is 6.18 Å². The number of primary amides is 1. The molecule has 0 spiro atoms. The van der Waals surface area contributed by atoms with Crippen LogP contribution in [0.15, 0.2) is 60.8 Å². The number of nitrogens with one attached hydrogen (secondary N) is 1. The lowest BCUT2D eigenvalue weighted by Crippen LogP contribution is -2.53. The molecule has 1 saturated heterocycles. The molecule has 0 bridgehead atoms. The first kappa shape index (κ1) is 34.7. The minimum Gasteiger partial charge on any atom is -0.496 e. The molecule has 4 aromatic rings. The molecule has 0 radical (unpaired) electrons. The number of carbonyl (C=O) groups excluding carboxylic acids is 2. The predicted octanol–water partition coefficient (Wildman–Crippen LogP) is 6.03. The zero-order valence-electron chi connectivity index (χ0n) is 27.2. The van der Waals surface area contributed by atoms with Crippen molar-refractivity contribution in [1.82, 2.24) is 14.7 Å². The Bertz CT molecular complexity index is 1840. The minimum absolute atomic E-state index is 0.193. The van der Waals surface area contributed by atoms with Crippen molar-refractivity contribution < 1.29 is 37.0 Å². The van der Waals surface area contributed by atoms with Gasteiger partial charge in [-0.2, -0.15) is 18.3 Å². The van der Waals surface area contributed by atoms with Crippen molar-refractivity contribution in [1.29, 1.82) is 0 Å². The van der Waals surface area contributed by atoms with Crippen LogP contribution in [-0.4, -0.2) is 69.6 Å². The molecule has 1 aliphatic heterocycles. The van der Waals surface area contributed by atoms with Gasteiger partial charge in [0.1, 0.15) is 17.6 Å². The average Bonchev–Trinajstić information content (AvgIpc) is 3.46. The number of carbonyl (C=O) groups is 2. The van der Waals surface area contributed by atoms with E-state index in [0.717, 1.165) is 25.0 Å². The Morgan fingerprint density at radius 3 is 2.54 bits per heavy atom. The Morgan fingerprint density at radius 2 is 1.85 bits per heavy atom. The van der Waals surface area contributed by atoms with Crippen molar-refractivity contribution in [3.8, 4) is 11.4 Å². The van der Waals surface area contributed by atoms with Gasteiger partial charge in [0, 0.05) is 28.7 Å². The summed E-state index contributed by atoms with van der Waals surface area (Å²) in [5.74, 6) is -1.31. The van der Waals surface area contributed by atoms with Crippen LogP contribution < -0.4 is 15.8 Å². The standard InChI is InChI=1S/C35H39F4N5O4/c1-21-14-27(41-20-34(47,35(37,38)39)19-33(2,3)26-17-23(36)11-12-30(26)48-4)25-18-42-44(29(25)15-21)24-9-7-8-22(16-24)32(46)43-13-6-5-10-28(43)31(40)45/h7-9,11-12,14-18,28,41,47H,5-6,10,13,19-20H2,1-4H3,(H2,40,45). The molecule has 2 unspecified atom stereocenters. The third-order valence-electron chi connectivity index (χ3n) is 8.99. The van der Waals surface area contributed by atoms with Crippen molar-refractivity contribution in [3.05, 3.63) is 83.3 Å². The number of nitrogens with zero attached hydrogens (tertiary/aromatic N) is 3. The normalized spacial score (nSPS) is 16.9. The number of piperidine rings is 1. The number of likely N-dealkylation sites (tertiary alicyclic amines) is 1. The van der Waals surface area contributed by atoms with Crippen LogP contribution in [0.2, 0.25) is 0 Å². The van der Waals surface area contributed by atoms with E-state index in [1.54, 1.807) is 41.9 Å². The maximum atomic E-state index is 14.6. The van der Waals surface area contributed by atoms with E-state index in [9.17, 15) is 32.3 Å². The van der Waals surface area contributed by atoms with Gasteiger partial charge in [0.2, 0.25) is 5.91 Å². The summed E-state index contributed by atoms with van der Waals surface area (Å²) in [6.07, 6.45) is -2.29. The number of fused-ring (bicyclic) bond motifs is 1. The Balaban J connectivity index is 1.45. The molecule has 3 aromatic carbocycles. The molecule has 0 aliphatic carbocycles. The summed E-state index contributed by atoms with van der Waals surface area (Å²) in [5, 5.41) is 19.0. The smallest absolute Gasteiger partial charge is 0.418 e. The van der Waals surface area contributed by atoms with E-state index in [0.29, 0.717) is 46.4 Å². The number of alkyl halides is 3. The third-order valence-corrected chi connectivity index (χ3v) is 8.99. The predicted molar refractivity (Wildman–Crippen MR) is 174 cm³/mol. The highest BCUT2D eigenvalue weighted by Crippen LogP contribution is 2.44. The first-order chi connectivity index (χ1) is 22.5. The second kappa shape index (κ2) is 13.1. The Kier molecular flexibility index (Phi) is 9.46. The average molecular weight is 670 g/mol. The van der Waals surface area contributed by atoms with Gasteiger partial charge in [-0.1, -0.05) is 19.9 Å². The van der Waals surface area contributed by atoms with E-state index < -0.39 is 47.9 Å². The number of anilines is 1. The number of nitrogens with two attached hydrogens (primary N) is 1. The number of hydrogen-bond donors (Lipinski definition) is 3. The monoisotopic (exact) mass is 669 g/mol. The molecule has 13 heteroatoms. The molecule has 2 heterocycles. The third kappa shape index (κ3) is 6.82. The van der Waals surface area contributed by atoms with Crippen LogP contribution in [0.25, 0.3) is 16.6 Å². The molecule has 2 atom stereocenters. The number of rotatable bonds is 10. The summed E-state index contributed by atoms with van der Waals surface area (Å²) in [6.45, 7) is 4.27. The van der Waals surface area contributed by atoms with Gasteiger partial charge in [-0.25, -0.2) is 9.07 Å². The zero-order valence-corrected chi connectivity index (χ0v) is 27.2. The second-order valence-corrected chi connectivity index (χ2v) is 13.1. The van der Waals surface area contributed by atoms with E-state index in [1.807, 2.05) is 6.07 Å². The fourth-order valence-corrected chi connectivity index (χ4v) is 6.57. The quantitative estimate of drug-likeness (QED) is 0.177. The molecule has 4 N–H and O–H groups in total. The van der Waals surface area contributed by atoms with Gasteiger partial charge in [-0.15, -0.1) is 0 Å². The summed E-state index contributed by atoms with van der Waals surface area (Å²) < 4.78 is 64.7. The van der Waals surface area contributed by atoms with Crippen LogP contribution in [0.5, 0.6) is 5.75 Å². The van der Waals surface area contributed by atoms with Crippen molar-refractivity contribution in [2.24, 2.45) is 5.73 Å². The van der Waals surface area contributed by atoms with Crippen molar-refractivity contribution >= 4 is 28.4 Å². The van der Waals surface area contributed by atoms with Gasteiger partial charge in [0.05, 0.1) is 31.1 Å². The number of aliphatic hydroxyl groups is 1. The number of hydrogen-bond acceptors (Lipinski definition) is 6. The largest absolute Gasteiger partial charge is 0.496 e. The fraction of sp³-hybridized carbons (Fsp3) is 0.400. The number of ether oxygens (including phenoxy) is 1. The molecule has 48 heavy (non-hydrogen) atoms. The lowest BCUT2D eigenvalue weighted by molar-refractivity contribution is -0.260. The molecule has 1 aromatic heterocycles. The number of methoxy groups -OCH3 is 1. The lowest BCUT2D eigenvalue weighted by atomic mass is 9.74. The summed E-state index contributed by atoms with van der Waals surface area (Å²) in [5.41, 5.74) is 3.63. The lowest BCUT2D eigenvalue weighted by Gasteiger charge is -2.38. The number of benzene rings is 3. The summed E-state index contributed by atoms with van der Waals surface area (Å²) in [7, 11) is 1.34. The van der Waals surface area contributed by atoms with E-state index in [2.05, 4.69) is 10.4 Å².